The van der Waals surface area contributed by atoms with Crippen LogP contribution in [0, 0.1) is 0 Å². The molecule has 0 bridgehead atoms. The number of carbonyl (C=O) groups is 2. The molecule has 0 spiro atoms. The van der Waals surface area contributed by atoms with E-state index in [0.717, 1.165) is 25.2 Å². The van der Waals surface area contributed by atoms with Gasteiger partial charge in [0.1, 0.15) is 5.69 Å². The molecule has 1 amide bonds. The second-order valence-corrected chi connectivity index (χ2v) is 7.89. The third-order valence-corrected chi connectivity index (χ3v) is 5.69. The molecule has 31 heavy (non-hydrogen) atoms. The Morgan fingerprint density at radius 1 is 0.774 bits per heavy atom. The molecular formula is C26H27N3O2. The number of aromatic nitrogens is 1. The molecule has 2 heterocycles. The SMILES string of the molecule is O=C(CCc1ccccc1)c1ccc(C(=O)N2CCN(Cc3ccccc3)CC2)cn1. The van der Waals surface area contributed by atoms with E-state index in [1.165, 1.54) is 11.8 Å². The number of ketones is 1. The van der Waals surface area contributed by atoms with Crippen LogP contribution in [-0.4, -0.2) is 52.7 Å². The molecule has 0 N–H and O–H groups in total. The van der Waals surface area contributed by atoms with Crippen LogP contribution in [0.5, 0.6) is 0 Å². The molecule has 1 fully saturated rings. The highest BCUT2D eigenvalue weighted by Crippen LogP contribution is 2.13. The molecule has 1 saturated heterocycles. The average molecular weight is 414 g/mol. The van der Waals surface area contributed by atoms with E-state index in [9.17, 15) is 9.59 Å². The summed E-state index contributed by atoms with van der Waals surface area (Å²) < 4.78 is 0. The highest BCUT2D eigenvalue weighted by Gasteiger charge is 2.22. The topological polar surface area (TPSA) is 53.5 Å². The van der Waals surface area contributed by atoms with Crippen LogP contribution in [0.4, 0.5) is 0 Å². The average Bonchev–Trinajstić information content (AvgIpc) is 2.84. The maximum absolute atomic E-state index is 12.8. The number of Topliss-reactive ketones (excluding diaryl/α,β-unsaturated/α-hetero) is 1. The van der Waals surface area contributed by atoms with Gasteiger partial charge in [-0.05, 0) is 29.7 Å². The summed E-state index contributed by atoms with van der Waals surface area (Å²) in [5.41, 5.74) is 3.38. The maximum Gasteiger partial charge on any atom is 0.255 e. The van der Waals surface area contributed by atoms with Gasteiger partial charge in [0.2, 0.25) is 0 Å². The number of hydrogen-bond acceptors (Lipinski definition) is 4. The lowest BCUT2D eigenvalue weighted by Gasteiger charge is -2.34. The first kappa shape index (κ1) is 20.9. The van der Waals surface area contributed by atoms with Crippen LogP contribution in [0.15, 0.2) is 79.0 Å². The van der Waals surface area contributed by atoms with Gasteiger partial charge in [0, 0.05) is 45.3 Å². The van der Waals surface area contributed by atoms with E-state index in [1.807, 2.05) is 41.3 Å². The number of hydrogen-bond donors (Lipinski definition) is 0. The number of aryl methyl sites for hydroxylation is 1. The third kappa shape index (κ3) is 5.64. The summed E-state index contributed by atoms with van der Waals surface area (Å²) in [6, 6.07) is 23.7. The lowest BCUT2D eigenvalue weighted by Crippen LogP contribution is -2.48. The molecule has 1 aromatic heterocycles. The monoisotopic (exact) mass is 413 g/mol. The fraction of sp³-hybridized carbons (Fsp3) is 0.269. The fourth-order valence-corrected chi connectivity index (χ4v) is 3.85. The van der Waals surface area contributed by atoms with Crippen molar-refractivity contribution in [3.63, 3.8) is 0 Å². The highest BCUT2D eigenvalue weighted by molar-refractivity contribution is 5.97. The van der Waals surface area contributed by atoms with Gasteiger partial charge in [0.15, 0.2) is 5.78 Å². The van der Waals surface area contributed by atoms with Crippen molar-refractivity contribution in [1.82, 2.24) is 14.8 Å². The standard InChI is InChI=1S/C26H27N3O2/c30-25(14-11-21-7-3-1-4-8-21)24-13-12-23(19-27-24)26(31)29-17-15-28(16-18-29)20-22-9-5-2-6-10-22/h1-10,12-13,19H,11,14-18,20H2. The molecule has 0 atom stereocenters. The maximum atomic E-state index is 12.8. The zero-order valence-corrected chi connectivity index (χ0v) is 17.6. The number of piperazine rings is 1. The summed E-state index contributed by atoms with van der Waals surface area (Å²) in [5.74, 6) is -0.0208. The Kier molecular flexibility index (Phi) is 6.85. The number of amides is 1. The fourth-order valence-electron chi connectivity index (χ4n) is 3.85. The minimum Gasteiger partial charge on any atom is -0.336 e. The second kappa shape index (κ2) is 10.1. The Bertz CT molecular complexity index is 996. The lowest BCUT2D eigenvalue weighted by molar-refractivity contribution is 0.0627. The predicted octanol–water partition coefficient (Wildman–Crippen LogP) is 3.86. The molecule has 5 heteroatoms. The minimum atomic E-state index is -0.0184. The highest BCUT2D eigenvalue weighted by atomic mass is 16.2. The van der Waals surface area contributed by atoms with Crippen LogP contribution >= 0.6 is 0 Å². The van der Waals surface area contributed by atoms with Crippen molar-refractivity contribution < 1.29 is 9.59 Å². The number of rotatable bonds is 7. The Balaban J connectivity index is 1.28. The molecule has 3 aromatic rings. The number of nitrogens with zero attached hydrogens (tertiary/aromatic N) is 3. The van der Waals surface area contributed by atoms with E-state index in [4.69, 9.17) is 0 Å². The Morgan fingerprint density at radius 2 is 1.42 bits per heavy atom. The van der Waals surface area contributed by atoms with E-state index >= 15 is 0 Å². The first-order chi connectivity index (χ1) is 15.2. The Labute approximate surface area is 183 Å². The molecular weight excluding hydrogens is 386 g/mol. The molecule has 0 unspecified atom stereocenters. The van der Waals surface area contributed by atoms with Gasteiger partial charge in [-0.15, -0.1) is 0 Å². The third-order valence-electron chi connectivity index (χ3n) is 5.69. The lowest BCUT2D eigenvalue weighted by atomic mass is 10.1. The summed E-state index contributed by atoms with van der Waals surface area (Å²) in [6.07, 6.45) is 2.64. The van der Waals surface area contributed by atoms with Gasteiger partial charge in [0.05, 0.1) is 5.56 Å². The van der Waals surface area contributed by atoms with E-state index in [2.05, 4.69) is 34.1 Å². The van der Waals surface area contributed by atoms with Crippen LogP contribution in [0.3, 0.4) is 0 Å². The van der Waals surface area contributed by atoms with Gasteiger partial charge in [-0.2, -0.15) is 0 Å². The van der Waals surface area contributed by atoms with Crippen molar-refractivity contribution in [2.24, 2.45) is 0 Å². The van der Waals surface area contributed by atoms with Crippen molar-refractivity contribution >= 4 is 11.7 Å². The van der Waals surface area contributed by atoms with E-state index in [1.54, 1.807) is 12.1 Å². The molecule has 1 aliphatic rings. The minimum absolute atomic E-state index is 0.00243. The van der Waals surface area contributed by atoms with Crippen LogP contribution in [-0.2, 0) is 13.0 Å². The van der Waals surface area contributed by atoms with Crippen molar-refractivity contribution in [2.45, 2.75) is 19.4 Å². The molecule has 1 aliphatic heterocycles. The first-order valence-corrected chi connectivity index (χ1v) is 10.8. The summed E-state index contributed by atoms with van der Waals surface area (Å²) in [7, 11) is 0. The van der Waals surface area contributed by atoms with Gasteiger partial charge in [-0.25, -0.2) is 0 Å². The number of pyridine rings is 1. The smallest absolute Gasteiger partial charge is 0.255 e. The van der Waals surface area contributed by atoms with Crippen LogP contribution in [0.2, 0.25) is 0 Å². The van der Waals surface area contributed by atoms with Gasteiger partial charge in [-0.1, -0.05) is 60.7 Å². The number of carbonyl (C=O) groups excluding carboxylic acids is 2. The largest absolute Gasteiger partial charge is 0.336 e. The molecule has 0 radical (unpaired) electrons. The van der Waals surface area contributed by atoms with Gasteiger partial charge < -0.3 is 4.90 Å². The van der Waals surface area contributed by atoms with E-state index < -0.39 is 0 Å². The zero-order valence-electron chi connectivity index (χ0n) is 17.6. The molecule has 4 rings (SSSR count). The van der Waals surface area contributed by atoms with E-state index in [0.29, 0.717) is 37.2 Å². The van der Waals surface area contributed by atoms with E-state index in [-0.39, 0.29) is 11.7 Å². The molecule has 2 aromatic carbocycles. The second-order valence-electron chi connectivity index (χ2n) is 7.89. The van der Waals surface area contributed by atoms with Crippen molar-refractivity contribution in [2.75, 3.05) is 26.2 Å². The van der Waals surface area contributed by atoms with Crippen molar-refractivity contribution in [3.05, 3.63) is 101 Å². The van der Waals surface area contributed by atoms with Crippen LogP contribution < -0.4 is 0 Å². The van der Waals surface area contributed by atoms with Gasteiger partial charge >= 0.3 is 0 Å². The van der Waals surface area contributed by atoms with Gasteiger partial charge in [0.25, 0.3) is 5.91 Å². The van der Waals surface area contributed by atoms with Crippen molar-refractivity contribution in [3.8, 4) is 0 Å². The summed E-state index contributed by atoms with van der Waals surface area (Å²) in [6.45, 7) is 4.01. The van der Waals surface area contributed by atoms with Crippen LogP contribution in [0.1, 0.15) is 38.4 Å². The normalized spacial score (nSPS) is 14.4. The van der Waals surface area contributed by atoms with Crippen LogP contribution in [0.25, 0.3) is 0 Å². The summed E-state index contributed by atoms with van der Waals surface area (Å²) in [5, 5.41) is 0. The molecule has 158 valence electrons. The Morgan fingerprint density at radius 3 is 2.03 bits per heavy atom. The quantitative estimate of drug-likeness (QED) is 0.552. The zero-order chi connectivity index (χ0) is 21.5. The first-order valence-electron chi connectivity index (χ1n) is 10.8. The van der Waals surface area contributed by atoms with Crippen molar-refractivity contribution in [1.29, 1.82) is 0 Å². The van der Waals surface area contributed by atoms with Gasteiger partial charge in [-0.3, -0.25) is 19.5 Å². The molecule has 0 aliphatic carbocycles. The molecule has 5 nitrogen and oxygen atoms in total. The Hall–Kier alpha value is -3.31. The molecule has 0 saturated carbocycles. The number of benzene rings is 2. The summed E-state index contributed by atoms with van der Waals surface area (Å²) >= 11 is 0. The predicted molar refractivity (Wildman–Crippen MR) is 121 cm³/mol. The summed E-state index contributed by atoms with van der Waals surface area (Å²) in [4.78, 5) is 33.8.